The summed E-state index contributed by atoms with van der Waals surface area (Å²) >= 11 is 0. The Labute approximate surface area is 121 Å². The first-order valence-corrected chi connectivity index (χ1v) is 5.76. The van der Waals surface area contributed by atoms with Crippen molar-refractivity contribution < 1.29 is 4.74 Å². The number of nitrogens with zero attached hydrogens (tertiary/aromatic N) is 4. The van der Waals surface area contributed by atoms with Crippen LogP contribution in [-0.2, 0) is 0 Å². The van der Waals surface area contributed by atoms with Crippen LogP contribution in [-0.4, -0.2) is 12.1 Å². The topological polar surface area (TPSA) is 61.2 Å². The van der Waals surface area contributed by atoms with E-state index in [0.29, 0.717) is 16.8 Å². The first-order valence-electron chi connectivity index (χ1n) is 5.76. The zero-order valence-electron chi connectivity index (χ0n) is 11.1. The number of hydrogen-bond donors (Lipinski definition) is 1. The van der Waals surface area contributed by atoms with E-state index in [9.17, 15) is 0 Å². The number of aromatic nitrogens is 1. The monoisotopic (exact) mass is 275 g/mol. The van der Waals surface area contributed by atoms with E-state index in [2.05, 4.69) is 19.5 Å². The highest BCUT2D eigenvalue weighted by atomic mass is 16.5. The molecule has 0 fully saturated rings. The minimum atomic E-state index is 0.0125. The summed E-state index contributed by atoms with van der Waals surface area (Å²) in [6.07, 6.45) is 0. The van der Waals surface area contributed by atoms with Crippen LogP contribution in [0.2, 0.25) is 0 Å². The molecule has 0 radical (unpaired) electrons. The normalized spacial score (nSPS) is 9.24. The van der Waals surface area contributed by atoms with Gasteiger partial charge in [0.05, 0.1) is 26.8 Å². The summed E-state index contributed by atoms with van der Waals surface area (Å²) in [6, 6.07) is 6.58. The van der Waals surface area contributed by atoms with Crippen molar-refractivity contribution in [1.29, 1.82) is 0 Å². The van der Waals surface area contributed by atoms with Crippen molar-refractivity contribution >= 4 is 22.9 Å². The molecule has 2 aromatic rings. The number of nitrogen functional groups attached to an aromatic ring is 1. The molecule has 0 aliphatic heterocycles. The van der Waals surface area contributed by atoms with Gasteiger partial charge in [0.15, 0.2) is 5.69 Å². The molecule has 2 N–H and O–H groups in total. The van der Waals surface area contributed by atoms with Gasteiger partial charge < -0.3 is 10.5 Å². The average Bonchev–Trinajstić information content (AvgIpc) is 2.53. The highest BCUT2D eigenvalue weighted by molar-refractivity contribution is 5.96. The molecule has 6 heteroatoms. The lowest BCUT2D eigenvalue weighted by Crippen LogP contribution is -1.97. The van der Waals surface area contributed by atoms with Crippen molar-refractivity contribution in [3.05, 3.63) is 58.5 Å². The van der Waals surface area contributed by atoms with E-state index in [1.54, 1.807) is 24.3 Å². The standard InChI is InChI=1S/C15H9N5O/c1-17-10-7-5-9(6-8-10)11-12(18-2)14(16)20-15(21-4)13(11)19-3/h5-8H,4H3,(H2,16,20). The molecule has 0 atom stereocenters. The molecule has 0 amide bonds. The third kappa shape index (κ3) is 2.32. The van der Waals surface area contributed by atoms with Crippen LogP contribution < -0.4 is 10.5 Å². The van der Waals surface area contributed by atoms with Gasteiger partial charge >= 0.3 is 0 Å². The highest BCUT2D eigenvalue weighted by Crippen LogP contribution is 2.46. The lowest BCUT2D eigenvalue weighted by atomic mass is 10.0. The molecule has 0 unspecified atom stereocenters. The highest BCUT2D eigenvalue weighted by Gasteiger charge is 2.20. The van der Waals surface area contributed by atoms with Gasteiger partial charge in [-0.3, -0.25) is 0 Å². The minimum Gasteiger partial charge on any atom is -0.490 e. The maximum atomic E-state index is 7.31. The van der Waals surface area contributed by atoms with Crippen LogP contribution in [0.5, 0.6) is 5.88 Å². The fourth-order valence-electron chi connectivity index (χ4n) is 1.90. The van der Waals surface area contributed by atoms with Crippen LogP contribution in [0.4, 0.5) is 22.9 Å². The molecular weight excluding hydrogens is 266 g/mol. The van der Waals surface area contributed by atoms with Gasteiger partial charge in [0.1, 0.15) is 5.82 Å². The van der Waals surface area contributed by atoms with Crippen molar-refractivity contribution in [2.45, 2.75) is 0 Å². The zero-order valence-corrected chi connectivity index (χ0v) is 11.1. The van der Waals surface area contributed by atoms with Gasteiger partial charge in [0.2, 0.25) is 17.3 Å². The predicted octanol–water partition coefficient (Wildman–Crippen LogP) is 3.99. The molecule has 100 valence electrons. The smallest absolute Gasteiger partial charge is 0.244 e. The number of benzene rings is 1. The average molecular weight is 275 g/mol. The van der Waals surface area contributed by atoms with Crippen LogP contribution in [0.25, 0.3) is 25.7 Å². The maximum absolute atomic E-state index is 7.31. The summed E-state index contributed by atoms with van der Waals surface area (Å²) in [5.74, 6) is 0.0951. The number of nitrogens with two attached hydrogens (primary N) is 1. The Morgan fingerprint density at radius 1 is 1.00 bits per heavy atom. The lowest BCUT2D eigenvalue weighted by Gasteiger charge is -2.12. The van der Waals surface area contributed by atoms with Crippen molar-refractivity contribution in [1.82, 2.24) is 4.98 Å². The van der Waals surface area contributed by atoms with Gasteiger partial charge in [-0.25, -0.2) is 19.5 Å². The fraction of sp³-hybridized carbons (Fsp3) is 0.0667. The molecule has 0 aliphatic rings. The number of hydrogen-bond acceptors (Lipinski definition) is 3. The summed E-state index contributed by atoms with van der Waals surface area (Å²) in [6.45, 7) is 21.5. The van der Waals surface area contributed by atoms with Crippen LogP contribution >= 0.6 is 0 Å². The largest absolute Gasteiger partial charge is 0.490 e. The lowest BCUT2D eigenvalue weighted by molar-refractivity contribution is 0.401. The molecule has 0 saturated heterocycles. The quantitative estimate of drug-likeness (QED) is 0.843. The van der Waals surface area contributed by atoms with E-state index < -0.39 is 0 Å². The summed E-state index contributed by atoms with van der Waals surface area (Å²) in [4.78, 5) is 14.0. The van der Waals surface area contributed by atoms with E-state index in [1.165, 1.54) is 7.11 Å². The number of pyridine rings is 1. The molecule has 2 rings (SSSR count). The molecule has 21 heavy (non-hydrogen) atoms. The van der Waals surface area contributed by atoms with Crippen LogP contribution in [0, 0.1) is 19.7 Å². The first-order chi connectivity index (χ1) is 10.2. The second-order valence-corrected chi connectivity index (χ2v) is 3.96. The second-order valence-electron chi connectivity index (χ2n) is 3.96. The van der Waals surface area contributed by atoms with Gasteiger partial charge in [-0.05, 0) is 5.56 Å². The molecule has 1 aromatic heterocycles. The molecule has 0 saturated carbocycles. The molecule has 0 spiro atoms. The van der Waals surface area contributed by atoms with Gasteiger partial charge in [-0.15, -0.1) is 0 Å². The number of methoxy groups -OCH3 is 1. The molecule has 1 aromatic carbocycles. The van der Waals surface area contributed by atoms with Crippen LogP contribution in [0.15, 0.2) is 24.3 Å². The number of anilines is 1. The summed E-state index contributed by atoms with van der Waals surface area (Å²) in [7, 11) is 1.39. The van der Waals surface area contributed by atoms with Crippen molar-refractivity contribution in [3.63, 3.8) is 0 Å². The number of ether oxygens (including phenoxy) is 1. The molecule has 1 heterocycles. The SMILES string of the molecule is [C-]#[N+]c1ccc(-c2c([N+]#[C-])c(N)nc(OC)c2[N+]#[C-])cc1. The Morgan fingerprint density at radius 3 is 2.10 bits per heavy atom. The molecule has 0 aliphatic carbocycles. The predicted molar refractivity (Wildman–Crippen MR) is 79.4 cm³/mol. The molecule has 6 nitrogen and oxygen atoms in total. The van der Waals surface area contributed by atoms with Gasteiger partial charge in [0, 0.05) is 5.56 Å². The first kappa shape index (κ1) is 13.9. The number of rotatable bonds is 2. The summed E-state index contributed by atoms with van der Waals surface area (Å²) < 4.78 is 5.07. The van der Waals surface area contributed by atoms with E-state index in [1.807, 2.05) is 0 Å². The van der Waals surface area contributed by atoms with E-state index in [0.717, 1.165) is 0 Å². The van der Waals surface area contributed by atoms with Crippen LogP contribution in [0.3, 0.4) is 0 Å². The minimum absolute atomic E-state index is 0.0125. The van der Waals surface area contributed by atoms with Crippen LogP contribution in [0.1, 0.15) is 0 Å². The Balaban J connectivity index is 2.83. The Bertz CT molecular complexity index is 820. The maximum Gasteiger partial charge on any atom is 0.244 e. The van der Waals surface area contributed by atoms with Crippen molar-refractivity contribution in [3.8, 4) is 17.0 Å². The third-order valence-electron chi connectivity index (χ3n) is 2.84. The van der Waals surface area contributed by atoms with Gasteiger partial charge in [0.25, 0.3) is 0 Å². The van der Waals surface area contributed by atoms with Gasteiger partial charge in [-0.2, -0.15) is 0 Å². The Kier molecular flexibility index (Phi) is 3.70. The molecular formula is C15H9N5O. The molecule has 0 bridgehead atoms. The Hall–Kier alpha value is -3.56. The third-order valence-corrected chi connectivity index (χ3v) is 2.84. The second kappa shape index (κ2) is 5.61. The van der Waals surface area contributed by atoms with Crippen molar-refractivity contribution in [2.24, 2.45) is 0 Å². The Morgan fingerprint density at radius 2 is 1.62 bits per heavy atom. The zero-order chi connectivity index (χ0) is 15.4. The fourth-order valence-corrected chi connectivity index (χ4v) is 1.90. The van der Waals surface area contributed by atoms with E-state index >= 15 is 0 Å². The van der Waals surface area contributed by atoms with E-state index in [4.69, 9.17) is 30.2 Å². The van der Waals surface area contributed by atoms with E-state index in [-0.39, 0.29) is 23.1 Å². The van der Waals surface area contributed by atoms with Gasteiger partial charge in [-0.1, -0.05) is 24.3 Å². The van der Waals surface area contributed by atoms with Crippen molar-refractivity contribution in [2.75, 3.05) is 12.8 Å². The summed E-state index contributed by atoms with van der Waals surface area (Å²) in [5.41, 5.74) is 7.48. The summed E-state index contributed by atoms with van der Waals surface area (Å²) in [5, 5.41) is 0.